The second-order valence-corrected chi connectivity index (χ2v) is 15.6. The number of hydrogen-bond donors (Lipinski definition) is 2. The lowest BCUT2D eigenvalue weighted by molar-refractivity contribution is -0.134. The number of anilines is 4. The number of fused-ring (bicyclic) bond motifs is 2. The number of carbonyl (C=O) groups is 2. The number of halogens is 1. The maximum Gasteiger partial charge on any atom is 0.252 e. The lowest BCUT2D eigenvalue weighted by Gasteiger charge is -2.42. The normalized spacial score (nSPS) is 21.3. The molecule has 7 heterocycles. The van der Waals surface area contributed by atoms with Crippen LogP contribution in [-0.2, 0) is 16.6 Å². The molecule has 0 bridgehead atoms. The number of carbonyl (C=O) groups excluding carboxylic acids is 2. The van der Waals surface area contributed by atoms with Crippen molar-refractivity contribution >= 4 is 68.5 Å². The molecule has 8 rings (SSSR count). The van der Waals surface area contributed by atoms with Gasteiger partial charge in [0.1, 0.15) is 10.7 Å². The van der Waals surface area contributed by atoms with E-state index in [1.807, 2.05) is 31.6 Å². The minimum atomic E-state index is -0.406. The molecule has 15 heteroatoms. The van der Waals surface area contributed by atoms with Crippen molar-refractivity contribution in [2.24, 2.45) is 18.9 Å². The topological polar surface area (TPSA) is 146 Å². The highest BCUT2D eigenvalue weighted by atomic mass is 35.5. The van der Waals surface area contributed by atoms with Gasteiger partial charge in [0.05, 0.1) is 35.2 Å². The largest absolute Gasteiger partial charge is 0.369 e. The van der Waals surface area contributed by atoms with Gasteiger partial charge in [-0.3, -0.25) is 33.8 Å². The second-order valence-electron chi connectivity index (χ2n) is 15.2. The van der Waals surface area contributed by atoms with E-state index in [0.29, 0.717) is 47.1 Å². The molecule has 3 saturated heterocycles. The number of hydrogen-bond acceptors (Lipinski definition) is 11. The van der Waals surface area contributed by atoms with E-state index in [2.05, 4.69) is 60.4 Å². The predicted octanol–water partition coefficient (Wildman–Crippen LogP) is 4.86. The number of rotatable bonds is 8. The lowest BCUT2D eigenvalue weighted by Crippen LogP contribution is -2.50. The Labute approximate surface area is 318 Å². The number of nitrogens with one attached hydrogen (secondary N) is 2. The van der Waals surface area contributed by atoms with Crippen LogP contribution in [0.4, 0.5) is 23.1 Å². The summed E-state index contributed by atoms with van der Waals surface area (Å²) in [4.78, 5) is 58.0. The predicted molar refractivity (Wildman–Crippen MR) is 211 cm³/mol. The molecule has 0 saturated carbocycles. The van der Waals surface area contributed by atoms with E-state index in [1.54, 1.807) is 29.1 Å². The van der Waals surface area contributed by atoms with Gasteiger partial charge in [-0.2, -0.15) is 10.1 Å². The van der Waals surface area contributed by atoms with E-state index in [0.717, 1.165) is 85.6 Å². The lowest BCUT2D eigenvalue weighted by atomic mass is 9.86. The van der Waals surface area contributed by atoms with Crippen molar-refractivity contribution in [2.45, 2.75) is 52.0 Å². The number of piperazine rings is 1. The summed E-state index contributed by atoms with van der Waals surface area (Å²) in [6.07, 6.45) is 5.22. The third-order valence-corrected chi connectivity index (χ3v) is 11.6. The Kier molecular flexibility index (Phi) is 9.73. The van der Waals surface area contributed by atoms with Crippen molar-refractivity contribution in [2.75, 3.05) is 60.9 Å². The van der Waals surface area contributed by atoms with Crippen LogP contribution in [-0.4, -0.2) is 91.8 Å². The van der Waals surface area contributed by atoms with E-state index in [1.165, 1.54) is 0 Å². The van der Waals surface area contributed by atoms with E-state index in [9.17, 15) is 14.4 Å². The molecule has 2 amide bonds. The van der Waals surface area contributed by atoms with Crippen LogP contribution >= 0.6 is 11.6 Å². The van der Waals surface area contributed by atoms with Gasteiger partial charge in [-0.15, -0.1) is 0 Å². The van der Waals surface area contributed by atoms with Crippen molar-refractivity contribution < 1.29 is 9.59 Å². The highest BCUT2D eigenvalue weighted by Gasteiger charge is 2.33. The van der Waals surface area contributed by atoms with Crippen LogP contribution in [0.15, 0.2) is 53.6 Å². The number of imide groups is 1. The monoisotopic (exact) mass is 751 g/mol. The SMILES string of the molecule is CC(C)n1c(=O)ccc2cc(Nc3nc(N4CC[C@H](CN5CCN(c6ccc7c(C8CCC(=O)NC8=O)nn(C)c7c6)CC5)[C@@H](C)C4)ncc3Cl)cnc21. The third kappa shape index (κ3) is 7.00. The van der Waals surface area contributed by atoms with Crippen molar-refractivity contribution in [1.82, 2.24) is 39.5 Å². The molecule has 1 aromatic carbocycles. The van der Waals surface area contributed by atoms with Gasteiger partial charge in [0.2, 0.25) is 17.8 Å². The van der Waals surface area contributed by atoms with Gasteiger partial charge in [-0.05, 0) is 68.9 Å². The number of pyridine rings is 2. The zero-order chi connectivity index (χ0) is 37.7. The molecule has 3 atom stereocenters. The van der Waals surface area contributed by atoms with E-state index in [4.69, 9.17) is 21.7 Å². The quantitative estimate of drug-likeness (QED) is 0.210. The summed E-state index contributed by atoms with van der Waals surface area (Å²) in [5.41, 5.74) is 4.19. The summed E-state index contributed by atoms with van der Waals surface area (Å²) in [5.74, 6) is 1.32. The Hall–Kier alpha value is -5.08. The Morgan fingerprint density at radius 2 is 1.78 bits per heavy atom. The van der Waals surface area contributed by atoms with E-state index < -0.39 is 5.92 Å². The van der Waals surface area contributed by atoms with Crippen LogP contribution in [0.3, 0.4) is 0 Å². The Morgan fingerprint density at radius 1 is 0.963 bits per heavy atom. The Bertz CT molecular complexity index is 2300. The number of nitrogens with zero attached hydrogens (tertiary/aromatic N) is 9. The van der Waals surface area contributed by atoms with Gasteiger partial charge in [0.25, 0.3) is 5.56 Å². The zero-order valence-electron chi connectivity index (χ0n) is 31.1. The second kappa shape index (κ2) is 14.6. The fraction of sp³-hybridized carbons (Fsp3) is 0.462. The average molecular weight is 752 g/mol. The number of amides is 2. The summed E-state index contributed by atoms with van der Waals surface area (Å²) >= 11 is 6.56. The molecule has 282 valence electrons. The van der Waals surface area contributed by atoms with Crippen molar-refractivity contribution in [1.29, 1.82) is 0 Å². The molecular weight excluding hydrogens is 706 g/mol. The third-order valence-electron chi connectivity index (χ3n) is 11.3. The molecule has 2 N–H and O–H groups in total. The number of piperidine rings is 2. The molecule has 0 radical (unpaired) electrons. The minimum absolute atomic E-state index is 0.00563. The first-order valence-corrected chi connectivity index (χ1v) is 19.2. The Balaban J connectivity index is 0.867. The molecule has 5 aromatic rings. The molecule has 0 aliphatic carbocycles. The van der Waals surface area contributed by atoms with Gasteiger partial charge in [0.15, 0.2) is 5.82 Å². The molecule has 3 fully saturated rings. The summed E-state index contributed by atoms with van der Waals surface area (Å²) in [5, 5.41) is 12.7. The van der Waals surface area contributed by atoms with Crippen LogP contribution in [0.25, 0.3) is 21.9 Å². The molecule has 0 spiro atoms. The molecule has 4 aromatic heterocycles. The number of aryl methyl sites for hydroxylation is 1. The van der Waals surface area contributed by atoms with E-state index >= 15 is 0 Å². The van der Waals surface area contributed by atoms with Gasteiger partial charge in [0, 0.05) is 87.8 Å². The fourth-order valence-corrected chi connectivity index (χ4v) is 8.43. The van der Waals surface area contributed by atoms with Crippen molar-refractivity contribution in [3.8, 4) is 0 Å². The van der Waals surface area contributed by atoms with Crippen LogP contribution in [0, 0.1) is 11.8 Å². The summed E-state index contributed by atoms with van der Waals surface area (Å²) < 4.78 is 3.54. The first kappa shape index (κ1) is 35.9. The van der Waals surface area contributed by atoms with Gasteiger partial charge >= 0.3 is 0 Å². The van der Waals surface area contributed by atoms with Gasteiger partial charge in [-0.1, -0.05) is 18.5 Å². The van der Waals surface area contributed by atoms with Crippen LogP contribution in [0.5, 0.6) is 0 Å². The maximum atomic E-state index is 12.6. The smallest absolute Gasteiger partial charge is 0.252 e. The van der Waals surface area contributed by atoms with Crippen molar-refractivity contribution in [3.05, 3.63) is 69.9 Å². The molecular formula is C39H46ClN11O3. The standard InChI is InChI=1S/C39H46ClN11O3/c1-23(2)51-34(53)10-5-25-17-27(19-41-37(25)51)43-36-31(40)20-42-39(45-36)50-12-11-26(24(3)21-50)22-48-13-15-49(16-14-48)28-6-7-29-32(18-28)47(4)46-35(29)30-8-9-33(52)44-38(30)54/h5-7,10,17-20,23-24,26,30H,8-9,11-16,21-22H2,1-4H3,(H,42,43,45)(H,44,52,54)/t24-,26+,30?/m0/s1. The van der Waals surface area contributed by atoms with Crippen LogP contribution in [0.2, 0.25) is 5.02 Å². The number of aromatic nitrogens is 6. The average Bonchev–Trinajstić information content (AvgIpc) is 3.48. The maximum absolute atomic E-state index is 12.6. The first-order valence-electron chi connectivity index (χ1n) is 18.9. The summed E-state index contributed by atoms with van der Waals surface area (Å²) in [6, 6.07) is 11.7. The molecule has 3 aliphatic heterocycles. The van der Waals surface area contributed by atoms with E-state index in [-0.39, 0.29) is 23.4 Å². The minimum Gasteiger partial charge on any atom is -0.369 e. The highest BCUT2D eigenvalue weighted by molar-refractivity contribution is 6.32. The first-order chi connectivity index (χ1) is 26.0. The molecule has 1 unspecified atom stereocenters. The number of benzene rings is 1. The van der Waals surface area contributed by atoms with Crippen LogP contribution in [0.1, 0.15) is 57.7 Å². The Morgan fingerprint density at radius 3 is 2.54 bits per heavy atom. The van der Waals surface area contributed by atoms with Gasteiger partial charge in [-0.25, -0.2) is 9.97 Å². The molecule has 14 nitrogen and oxygen atoms in total. The van der Waals surface area contributed by atoms with Gasteiger partial charge < -0.3 is 15.1 Å². The highest BCUT2D eigenvalue weighted by Crippen LogP contribution is 2.34. The van der Waals surface area contributed by atoms with Crippen LogP contribution < -0.4 is 26.0 Å². The fourth-order valence-electron chi connectivity index (χ4n) is 8.30. The van der Waals surface area contributed by atoms with Crippen molar-refractivity contribution in [3.63, 3.8) is 0 Å². The summed E-state index contributed by atoms with van der Waals surface area (Å²) in [7, 11) is 1.92. The molecule has 3 aliphatic rings. The zero-order valence-corrected chi connectivity index (χ0v) is 31.9. The molecule has 54 heavy (non-hydrogen) atoms. The summed E-state index contributed by atoms with van der Waals surface area (Å²) in [6.45, 7) is 12.9.